The first-order valence-electron chi connectivity index (χ1n) is 10.6. The van der Waals surface area contributed by atoms with E-state index >= 15 is 0 Å². The Kier molecular flexibility index (Phi) is 6.54. The molecule has 12 heteroatoms. The van der Waals surface area contributed by atoms with Crippen LogP contribution in [0.4, 0.5) is 5.95 Å². The summed E-state index contributed by atoms with van der Waals surface area (Å²) in [6, 6.07) is 8.70. The molecule has 10 nitrogen and oxygen atoms in total. The van der Waals surface area contributed by atoms with E-state index in [-0.39, 0.29) is 15.5 Å². The Morgan fingerprint density at radius 3 is 2.59 bits per heavy atom. The SMILES string of the molecule is C[C@H](NC(=O)c1cc(Cl)cc(S(C)(=O)=O)c1)c1nc(N2CCCC2)nn1-c1ccc(C#N)cn1. The summed E-state index contributed by atoms with van der Waals surface area (Å²) >= 11 is 6.05. The van der Waals surface area contributed by atoms with Crippen molar-refractivity contribution in [2.75, 3.05) is 24.2 Å². The zero-order valence-corrected chi connectivity index (χ0v) is 20.1. The normalized spacial score (nSPS) is 14.6. The monoisotopic (exact) mass is 499 g/mol. The van der Waals surface area contributed by atoms with Gasteiger partial charge in [-0.25, -0.2) is 13.4 Å². The molecule has 0 bridgehead atoms. The minimum atomic E-state index is -3.54. The van der Waals surface area contributed by atoms with Gasteiger partial charge in [0.1, 0.15) is 6.07 Å². The molecular weight excluding hydrogens is 478 g/mol. The lowest BCUT2D eigenvalue weighted by atomic mass is 10.2. The Balaban J connectivity index is 1.67. The Labute approximate surface area is 202 Å². The number of anilines is 1. The highest BCUT2D eigenvalue weighted by Gasteiger charge is 2.25. The lowest BCUT2D eigenvalue weighted by Gasteiger charge is -2.15. The highest BCUT2D eigenvalue weighted by atomic mass is 35.5. The molecule has 3 heterocycles. The summed E-state index contributed by atoms with van der Waals surface area (Å²) < 4.78 is 25.4. The van der Waals surface area contributed by atoms with Crippen LogP contribution in [0.25, 0.3) is 5.82 Å². The molecular formula is C22H22ClN7O3S. The van der Waals surface area contributed by atoms with E-state index in [0.717, 1.165) is 32.2 Å². The van der Waals surface area contributed by atoms with Crippen molar-refractivity contribution in [3.8, 4) is 11.9 Å². The zero-order chi connectivity index (χ0) is 24.5. The second-order valence-corrected chi connectivity index (χ2v) is 10.5. The lowest BCUT2D eigenvalue weighted by molar-refractivity contribution is 0.0937. The van der Waals surface area contributed by atoms with Gasteiger partial charge in [-0.05, 0) is 50.1 Å². The molecule has 34 heavy (non-hydrogen) atoms. The Morgan fingerprint density at radius 1 is 1.24 bits per heavy atom. The number of aromatic nitrogens is 4. The number of carbonyl (C=O) groups is 1. The van der Waals surface area contributed by atoms with Gasteiger partial charge in [0, 0.05) is 36.1 Å². The average Bonchev–Trinajstić information content (AvgIpc) is 3.48. The van der Waals surface area contributed by atoms with Gasteiger partial charge in [-0.15, -0.1) is 5.10 Å². The Bertz CT molecular complexity index is 1370. The molecule has 1 aliphatic rings. The van der Waals surface area contributed by atoms with Crippen molar-refractivity contribution in [2.24, 2.45) is 0 Å². The molecule has 0 saturated carbocycles. The molecule has 2 aromatic heterocycles. The maximum atomic E-state index is 13.0. The molecule has 0 aliphatic carbocycles. The molecule has 1 fully saturated rings. The summed E-state index contributed by atoms with van der Waals surface area (Å²) in [5, 5.41) is 16.7. The van der Waals surface area contributed by atoms with Gasteiger partial charge in [-0.1, -0.05) is 11.6 Å². The number of amides is 1. The molecule has 0 unspecified atom stereocenters. The predicted molar refractivity (Wildman–Crippen MR) is 126 cm³/mol. The fourth-order valence-corrected chi connectivity index (χ4v) is 4.62. The van der Waals surface area contributed by atoms with Gasteiger partial charge >= 0.3 is 0 Å². The summed E-state index contributed by atoms with van der Waals surface area (Å²) in [5.41, 5.74) is 0.524. The fraction of sp³-hybridized carbons (Fsp3) is 0.318. The maximum absolute atomic E-state index is 13.0. The van der Waals surface area contributed by atoms with Crippen LogP contribution in [-0.4, -0.2) is 53.4 Å². The molecule has 1 saturated heterocycles. The number of nitrogens with one attached hydrogen (secondary N) is 1. The molecule has 1 N–H and O–H groups in total. The third kappa shape index (κ3) is 5.03. The largest absolute Gasteiger partial charge is 0.342 e. The zero-order valence-electron chi connectivity index (χ0n) is 18.6. The number of rotatable bonds is 6. The topological polar surface area (TPSA) is 134 Å². The standard InChI is InChI=1S/C22H22ClN7O3S/c1-14(26-21(31)16-9-17(23)11-18(10-16)34(2,32)33)20-27-22(29-7-3-4-8-29)28-30(20)19-6-5-15(12-24)13-25-19/h5-6,9-11,13-14H,3-4,7-8H2,1-2H3,(H,26,31)/t14-/m0/s1. The van der Waals surface area contributed by atoms with Crippen LogP contribution in [-0.2, 0) is 9.84 Å². The van der Waals surface area contributed by atoms with Crippen LogP contribution < -0.4 is 10.2 Å². The second kappa shape index (κ2) is 9.40. The highest BCUT2D eigenvalue weighted by molar-refractivity contribution is 7.90. The van der Waals surface area contributed by atoms with Crippen molar-refractivity contribution >= 4 is 33.3 Å². The van der Waals surface area contributed by atoms with E-state index in [2.05, 4.69) is 25.3 Å². The first kappa shape index (κ1) is 23.7. The summed E-state index contributed by atoms with van der Waals surface area (Å²) in [7, 11) is -3.54. The minimum Gasteiger partial charge on any atom is -0.342 e. The molecule has 4 rings (SSSR count). The van der Waals surface area contributed by atoms with Gasteiger partial charge in [0.25, 0.3) is 5.91 Å². The fourth-order valence-electron chi connectivity index (χ4n) is 3.64. The van der Waals surface area contributed by atoms with E-state index in [4.69, 9.17) is 16.9 Å². The van der Waals surface area contributed by atoms with Gasteiger partial charge in [0.2, 0.25) is 5.95 Å². The number of benzene rings is 1. The number of nitriles is 1. The average molecular weight is 500 g/mol. The van der Waals surface area contributed by atoms with Crippen molar-refractivity contribution in [3.05, 3.63) is 58.5 Å². The van der Waals surface area contributed by atoms with Crippen LogP contribution in [0.1, 0.15) is 47.6 Å². The van der Waals surface area contributed by atoms with Crippen LogP contribution >= 0.6 is 11.6 Å². The van der Waals surface area contributed by atoms with E-state index in [0.29, 0.717) is 23.2 Å². The number of halogens is 1. The van der Waals surface area contributed by atoms with Crippen molar-refractivity contribution in [1.82, 2.24) is 25.1 Å². The summed E-state index contributed by atoms with van der Waals surface area (Å²) in [6.45, 7) is 3.42. The Morgan fingerprint density at radius 2 is 1.97 bits per heavy atom. The van der Waals surface area contributed by atoms with Crippen LogP contribution in [0.15, 0.2) is 41.4 Å². The van der Waals surface area contributed by atoms with Crippen LogP contribution in [0.2, 0.25) is 5.02 Å². The number of carbonyl (C=O) groups excluding carboxylic acids is 1. The predicted octanol–water partition coefficient (Wildman–Crippen LogP) is 2.68. The smallest absolute Gasteiger partial charge is 0.251 e. The second-order valence-electron chi connectivity index (χ2n) is 8.04. The van der Waals surface area contributed by atoms with Crippen LogP contribution in [0, 0.1) is 11.3 Å². The Hall–Kier alpha value is -3.49. The van der Waals surface area contributed by atoms with Gasteiger partial charge in [-0.2, -0.15) is 14.9 Å². The quantitative estimate of drug-likeness (QED) is 0.547. The number of hydrogen-bond acceptors (Lipinski definition) is 8. The highest BCUT2D eigenvalue weighted by Crippen LogP contribution is 2.23. The summed E-state index contributed by atoms with van der Waals surface area (Å²) in [6.07, 6.45) is 4.58. The third-order valence-electron chi connectivity index (χ3n) is 5.40. The molecule has 1 atom stereocenters. The van der Waals surface area contributed by atoms with E-state index < -0.39 is 21.8 Å². The summed E-state index contributed by atoms with van der Waals surface area (Å²) in [5.74, 6) is 0.917. The molecule has 3 aromatic rings. The van der Waals surface area contributed by atoms with Crippen LogP contribution in [0.3, 0.4) is 0 Å². The lowest BCUT2D eigenvalue weighted by Crippen LogP contribution is -2.29. The molecule has 1 aromatic carbocycles. The number of nitrogens with zero attached hydrogens (tertiary/aromatic N) is 6. The van der Waals surface area contributed by atoms with Gasteiger partial charge in [0.05, 0.1) is 16.5 Å². The van der Waals surface area contributed by atoms with Gasteiger partial charge in [-0.3, -0.25) is 4.79 Å². The molecule has 1 amide bonds. The van der Waals surface area contributed by atoms with Crippen molar-refractivity contribution in [2.45, 2.75) is 30.7 Å². The van der Waals surface area contributed by atoms with E-state index in [9.17, 15) is 13.2 Å². The molecule has 0 spiro atoms. The maximum Gasteiger partial charge on any atom is 0.251 e. The van der Waals surface area contributed by atoms with Crippen molar-refractivity contribution in [1.29, 1.82) is 5.26 Å². The van der Waals surface area contributed by atoms with E-state index in [1.165, 1.54) is 24.4 Å². The molecule has 1 aliphatic heterocycles. The van der Waals surface area contributed by atoms with Crippen LogP contribution in [0.5, 0.6) is 0 Å². The molecule has 0 radical (unpaired) electrons. The molecule has 176 valence electrons. The summed E-state index contributed by atoms with van der Waals surface area (Å²) in [4.78, 5) is 24.0. The first-order valence-corrected chi connectivity index (χ1v) is 12.8. The number of hydrogen-bond donors (Lipinski definition) is 1. The van der Waals surface area contributed by atoms with Gasteiger partial charge < -0.3 is 10.2 Å². The van der Waals surface area contributed by atoms with Crippen molar-refractivity contribution in [3.63, 3.8) is 0 Å². The first-order chi connectivity index (χ1) is 16.2. The van der Waals surface area contributed by atoms with E-state index in [1.807, 2.05) is 6.07 Å². The van der Waals surface area contributed by atoms with E-state index in [1.54, 1.807) is 23.7 Å². The third-order valence-corrected chi connectivity index (χ3v) is 6.71. The number of pyridine rings is 1. The number of sulfone groups is 1. The van der Waals surface area contributed by atoms with Crippen molar-refractivity contribution < 1.29 is 13.2 Å². The van der Waals surface area contributed by atoms with Gasteiger partial charge in [0.15, 0.2) is 21.5 Å². The minimum absolute atomic E-state index is 0.0425.